The average molecular weight is 336 g/mol. The van der Waals surface area contributed by atoms with Crippen LogP contribution in [0.15, 0.2) is 24.3 Å². The summed E-state index contributed by atoms with van der Waals surface area (Å²) in [6.07, 6.45) is 4.98. The quantitative estimate of drug-likeness (QED) is 0.895. The fourth-order valence-corrected chi connectivity index (χ4v) is 4.75. The molecule has 2 amide bonds. The minimum Gasteiger partial charge on any atom is -0.335 e. The Morgan fingerprint density at radius 2 is 1.78 bits per heavy atom. The van der Waals surface area contributed by atoms with Crippen LogP contribution in [0.3, 0.4) is 0 Å². The zero-order valence-corrected chi connectivity index (χ0v) is 14.3. The Morgan fingerprint density at radius 3 is 2.39 bits per heavy atom. The first-order chi connectivity index (χ1) is 10.9. The highest BCUT2D eigenvalue weighted by molar-refractivity contribution is 7.91. The van der Waals surface area contributed by atoms with Crippen LogP contribution in [0, 0.1) is 0 Å². The topological polar surface area (TPSA) is 66.5 Å². The third kappa shape index (κ3) is 3.86. The van der Waals surface area contributed by atoms with Crippen molar-refractivity contribution < 1.29 is 13.2 Å². The number of urea groups is 1. The number of likely N-dealkylation sites (tertiary alicyclic amines) is 1. The van der Waals surface area contributed by atoms with Crippen molar-refractivity contribution in [2.45, 2.75) is 43.4 Å². The number of fused-ring (bicyclic) bond motifs is 1. The van der Waals surface area contributed by atoms with E-state index in [0.29, 0.717) is 25.9 Å². The van der Waals surface area contributed by atoms with E-state index in [1.165, 1.54) is 17.4 Å². The number of nitrogens with one attached hydrogen (secondary N) is 1. The molecule has 1 aliphatic heterocycles. The van der Waals surface area contributed by atoms with Gasteiger partial charge in [-0.3, -0.25) is 0 Å². The second-order valence-corrected chi connectivity index (χ2v) is 9.02. The second-order valence-electron chi connectivity index (χ2n) is 6.69. The van der Waals surface area contributed by atoms with Crippen LogP contribution in [0.5, 0.6) is 0 Å². The summed E-state index contributed by atoms with van der Waals surface area (Å²) in [4.78, 5) is 14.3. The largest absolute Gasteiger partial charge is 0.335 e. The molecule has 1 aliphatic carbocycles. The lowest BCUT2D eigenvalue weighted by molar-refractivity contribution is 0.196. The lowest BCUT2D eigenvalue weighted by Crippen LogP contribution is -2.45. The number of benzene rings is 1. The number of sulfone groups is 1. The monoisotopic (exact) mass is 336 g/mol. The van der Waals surface area contributed by atoms with Crippen LogP contribution in [0.4, 0.5) is 4.79 Å². The molecule has 0 bridgehead atoms. The Bertz CT molecular complexity index is 662. The molecule has 1 aromatic rings. The van der Waals surface area contributed by atoms with Crippen molar-refractivity contribution in [2.24, 2.45) is 0 Å². The van der Waals surface area contributed by atoms with Crippen molar-refractivity contribution in [1.29, 1.82) is 0 Å². The molecule has 1 atom stereocenters. The molecule has 0 aromatic heterocycles. The van der Waals surface area contributed by atoms with E-state index in [-0.39, 0.29) is 17.3 Å². The fourth-order valence-electron chi connectivity index (χ4n) is 3.62. The molecule has 1 N–H and O–H groups in total. The van der Waals surface area contributed by atoms with Gasteiger partial charge in [-0.05, 0) is 43.2 Å². The second kappa shape index (κ2) is 6.51. The Balaban J connectivity index is 1.55. The van der Waals surface area contributed by atoms with Gasteiger partial charge in [0.05, 0.1) is 5.25 Å². The summed E-state index contributed by atoms with van der Waals surface area (Å²) in [5, 5.41) is 2.81. The maximum Gasteiger partial charge on any atom is 0.317 e. The van der Waals surface area contributed by atoms with E-state index in [4.69, 9.17) is 0 Å². The van der Waals surface area contributed by atoms with E-state index in [1.54, 1.807) is 4.90 Å². The lowest BCUT2D eigenvalue weighted by atomic mass is 10.1. The summed E-state index contributed by atoms with van der Waals surface area (Å²) in [7, 11) is -3.02. The number of carbonyl (C=O) groups is 1. The van der Waals surface area contributed by atoms with Gasteiger partial charge < -0.3 is 10.2 Å². The standard InChI is InChI=1S/C17H24N2O3S/c1-23(21,22)16-7-4-9-19(10-8-16)17(20)18-15-11-13-5-2-3-6-14(13)12-15/h2-3,5-6,15-16H,4,7-12H2,1H3,(H,18,20). The predicted molar refractivity (Wildman–Crippen MR) is 90.2 cm³/mol. The van der Waals surface area contributed by atoms with E-state index in [1.807, 2.05) is 12.1 Å². The van der Waals surface area contributed by atoms with Gasteiger partial charge in [-0.2, -0.15) is 0 Å². The highest BCUT2D eigenvalue weighted by Gasteiger charge is 2.28. The summed E-state index contributed by atoms with van der Waals surface area (Å²) in [6, 6.07) is 8.38. The molecule has 0 spiro atoms. The highest BCUT2D eigenvalue weighted by atomic mass is 32.2. The number of amides is 2. The van der Waals surface area contributed by atoms with Crippen LogP contribution in [-0.4, -0.2) is 50.0 Å². The first kappa shape index (κ1) is 16.3. The van der Waals surface area contributed by atoms with Gasteiger partial charge in [0.15, 0.2) is 0 Å². The van der Waals surface area contributed by atoms with E-state index in [2.05, 4.69) is 17.4 Å². The Labute approximate surface area is 138 Å². The Morgan fingerprint density at radius 1 is 1.13 bits per heavy atom. The van der Waals surface area contributed by atoms with Crippen LogP contribution in [0.1, 0.15) is 30.4 Å². The van der Waals surface area contributed by atoms with Gasteiger partial charge in [-0.1, -0.05) is 24.3 Å². The molecule has 5 nitrogen and oxygen atoms in total. The molecule has 6 heteroatoms. The van der Waals surface area contributed by atoms with Crippen molar-refractivity contribution in [3.63, 3.8) is 0 Å². The smallest absolute Gasteiger partial charge is 0.317 e. The molecule has 1 saturated heterocycles. The summed E-state index contributed by atoms with van der Waals surface area (Å²) < 4.78 is 23.4. The summed E-state index contributed by atoms with van der Waals surface area (Å²) >= 11 is 0. The van der Waals surface area contributed by atoms with Crippen molar-refractivity contribution in [2.75, 3.05) is 19.3 Å². The molecular weight excluding hydrogens is 312 g/mol. The molecule has 23 heavy (non-hydrogen) atoms. The van der Waals surface area contributed by atoms with Crippen molar-refractivity contribution in [3.8, 4) is 0 Å². The maximum atomic E-state index is 12.5. The minimum atomic E-state index is -3.02. The SMILES string of the molecule is CS(=O)(=O)C1CCCN(C(=O)NC2Cc3ccccc3C2)CC1. The summed E-state index contributed by atoms with van der Waals surface area (Å²) in [6.45, 7) is 1.15. The van der Waals surface area contributed by atoms with Gasteiger partial charge in [0.1, 0.15) is 9.84 Å². The number of rotatable bonds is 2. The molecule has 1 heterocycles. The van der Waals surface area contributed by atoms with Gasteiger partial charge >= 0.3 is 6.03 Å². The zero-order chi connectivity index (χ0) is 16.4. The Kier molecular flexibility index (Phi) is 4.62. The van der Waals surface area contributed by atoms with Gasteiger partial charge in [0.2, 0.25) is 0 Å². The summed E-state index contributed by atoms with van der Waals surface area (Å²) in [5.41, 5.74) is 2.62. The van der Waals surface area contributed by atoms with Crippen molar-refractivity contribution in [3.05, 3.63) is 35.4 Å². The minimum absolute atomic E-state index is 0.0584. The first-order valence-corrected chi connectivity index (χ1v) is 10.2. The zero-order valence-electron chi connectivity index (χ0n) is 13.5. The van der Waals surface area contributed by atoms with Gasteiger partial charge in [0, 0.05) is 25.4 Å². The van der Waals surface area contributed by atoms with E-state index >= 15 is 0 Å². The molecule has 2 aliphatic rings. The molecule has 1 fully saturated rings. The first-order valence-electron chi connectivity index (χ1n) is 8.24. The van der Waals surface area contributed by atoms with E-state index in [0.717, 1.165) is 19.3 Å². The average Bonchev–Trinajstić information content (AvgIpc) is 2.72. The predicted octanol–water partition coefficient (Wildman–Crippen LogP) is 1.76. The summed E-state index contributed by atoms with van der Waals surface area (Å²) in [5.74, 6) is 0. The maximum absolute atomic E-state index is 12.5. The molecular formula is C17H24N2O3S. The third-order valence-corrected chi connectivity index (χ3v) is 6.63. The number of hydrogen-bond donors (Lipinski definition) is 1. The normalized spacial score (nSPS) is 22.5. The van der Waals surface area contributed by atoms with Crippen LogP contribution in [0.25, 0.3) is 0 Å². The lowest BCUT2D eigenvalue weighted by Gasteiger charge is -2.23. The number of carbonyl (C=O) groups excluding carboxylic acids is 1. The van der Waals surface area contributed by atoms with Crippen LogP contribution in [-0.2, 0) is 22.7 Å². The molecule has 0 radical (unpaired) electrons. The molecule has 3 rings (SSSR count). The van der Waals surface area contributed by atoms with Crippen molar-refractivity contribution in [1.82, 2.24) is 10.2 Å². The molecule has 0 saturated carbocycles. The number of hydrogen-bond acceptors (Lipinski definition) is 3. The highest BCUT2D eigenvalue weighted by Crippen LogP contribution is 2.22. The van der Waals surface area contributed by atoms with Crippen LogP contribution in [0.2, 0.25) is 0 Å². The van der Waals surface area contributed by atoms with Crippen LogP contribution >= 0.6 is 0 Å². The third-order valence-electron chi connectivity index (χ3n) is 4.95. The van der Waals surface area contributed by atoms with Crippen molar-refractivity contribution >= 4 is 15.9 Å². The molecule has 126 valence electrons. The molecule has 1 aromatic carbocycles. The number of nitrogens with zero attached hydrogens (tertiary/aromatic N) is 1. The Hall–Kier alpha value is -1.56. The van der Waals surface area contributed by atoms with E-state index in [9.17, 15) is 13.2 Å². The molecule has 1 unspecified atom stereocenters. The van der Waals surface area contributed by atoms with Crippen LogP contribution < -0.4 is 5.32 Å². The fraction of sp³-hybridized carbons (Fsp3) is 0.588. The van der Waals surface area contributed by atoms with Gasteiger partial charge in [0.25, 0.3) is 0 Å². The van der Waals surface area contributed by atoms with Gasteiger partial charge in [-0.15, -0.1) is 0 Å². The van der Waals surface area contributed by atoms with Gasteiger partial charge in [-0.25, -0.2) is 13.2 Å². The van der Waals surface area contributed by atoms with E-state index < -0.39 is 9.84 Å².